The van der Waals surface area contributed by atoms with Gasteiger partial charge in [0.1, 0.15) is 5.52 Å². The van der Waals surface area contributed by atoms with Crippen molar-refractivity contribution in [3.05, 3.63) is 146 Å². The first-order valence-corrected chi connectivity index (χ1v) is 16.7. The number of hydrogen-bond acceptors (Lipinski definition) is 3. The van der Waals surface area contributed by atoms with Gasteiger partial charge < -0.3 is 4.42 Å². The number of hydrogen-bond donors (Lipinski definition) is 0. The van der Waals surface area contributed by atoms with Gasteiger partial charge in [-0.15, -0.1) is 11.3 Å². The fourth-order valence-electron chi connectivity index (χ4n) is 7.69. The Morgan fingerprint density at radius 2 is 1.17 bits per heavy atom. The van der Waals surface area contributed by atoms with Crippen LogP contribution in [-0.4, -0.2) is 9.55 Å². The molecule has 3 heterocycles. The predicted molar refractivity (Wildman–Crippen MR) is 199 cm³/mol. The molecule has 0 fully saturated rings. The van der Waals surface area contributed by atoms with Crippen LogP contribution in [0.4, 0.5) is 0 Å². The first-order chi connectivity index (χ1) is 23.3. The largest absolute Gasteiger partial charge is 0.423 e. The molecular formula is C43H24N2OS. The van der Waals surface area contributed by atoms with Crippen molar-refractivity contribution in [3.63, 3.8) is 0 Å². The highest BCUT2D eigenvalue weighted by Crippen LogP contribution is 2.46. The van der Waals surface area contributed by atoms with Crippen LogP contribution >= 0.6 is 11.3 Å². The van der Waals surface area contributed by atoms with E-state index in [1.165, 1.54) is 69.0 Å². The van der Waals surface area contributed by atoms with Gasteiger partial charge in [0.25, 0.3) is 0 Å². The average molecular weight is 617 g/mol. The van der Waals surface area contributed by atoms with Crippen LogP contribution in [0.15, 0.2) is 150 Å². The monoisotopic (exact) mass is 616 g/mol. The normalized spacial score (nSPS) is 12.3. The Bertz CT molecular complexity index is 3090. The van der Waals surface area contributed by atoms with E-state index in [1.54, 1.807) is 0 Å². The molecule has 47 heavy (non-hydrogen) atoms. The molecule has 0 saturated heterocycles. The van der Waals surface area contributed by atoms with Gasteiger partial charge in [-0.2, -0.15) is 4.98 Å². The number of benzene rings is 8. The Balaban J connectivity index is 1.24. The van der Waals surface area contributed by atoms with Crippen molar-refractivity contribution < 1.29 is 4.42 Å². The fraction of sp³-hybridized carbons (Fsp3) is 0. The third kappa shape index (κ3) is 3.48. The number of thiophene rings is 1. The Morgan fingerprint density at radius 1 is 0.511 bits per heavy atom. The zero-order chi connectivity index (χ0) is 30.6. The summed E-state index contributed by atoms with van der Waals surface area (Å²) in [5.41, 5.74) is 6.20. The highest BCUT2D eigenvalue weighted by atomic mass is 32.1. The number of oxazole rings is 1. The molecule has 11 aromatic rings. The number of para-hydroxylation sites is 1. The van der Waals surface area contributed by atoms with Crippen molar-refractivity contribution in [2.45, 2.75) is 0 Å². The summed E-state index contributed by atoms with van der Waals surface area (Å²) in [6.45, 7) is 0. The highest BCUT2D eigenvalue weighted by Gasteiger charge is 2.22. The van der Waals surface area contributed by atoms with Crippen LogP contribution in [-0.2, 0) is 0 Å². The topological polar surface area (TPSA) is 31.0 Å². The summed E-state index contributed by atoms with van der Waals surface area (Å²) in [6, 6.07) is 52.9. The zero-order valence-electron chi connectivity index (χ0n) is 25.1. The van der Waals surface area contributed by atoms with Crippen LogP contribution in [0.25, 0.3) is 103 Å². The van der Waals surface area contributed by atoms with Gasteiger partial charge in [-0.3, -0.25) is 4.57 Å². The predicted octanol–water partition coefficient (Wildman–Crippen LogP) is 12.4. The van der Waals surface area contributed by atoms with Gasteiger partial charge in [0.05, 0.1) is 11.0 Å². The Labute approximate surface area is 272 Å². The maximum Gasteiger partial charge on any atom is 0.307 e. The molecule has 0 spiro atoms. The molecule has 4 heteroatoms. The van der Waals surface area contributed by atoms with Gasteiger partial charge in [-0.1, -0.05) is 115 Å². The van der Waals surface area contributed by atoms with Crippen LogP contribution in [0, 0.1) is 0 Å². The van der Waals surface area contributed by atoms with E-state index in [4.69, 9.17) is 9.40 Å². The fourth-order valence-corrected chi connectivity index (χ4v) is 8.93. The van der Waals surface area contributed by atoms with E-state index < -0.39 is 0 Å². The van der Waals surface area contributed by atoms with Gasteiger partial charge in [0.2, 0.25) is 0 Å². The summed E-state index contributed by atoms with van der Waals surface area (Å²) in [4.78, 5) is 5.31. The minimum atomic E-state index is 0.583. The minimum absolute atomic E-state index is 0.583. The maximum atomic E-state index is 6.84. The average Bonchev–Trinajstić information content (AvgIpc) is 3.82. The molecular weight excluding hydrogens is 593 g/mol. The van der Waals surface area contributed by atoms with E-state index in [0.717, 1.165) is 27.5 Å². The standard InChI is InChI=1S/C43H24N2OS/c1-3-11-29-25(9-1)17-18-27-19-20-28(23-33(27)29)34-24-37-41(40-32-14-6-8-16-38(32)47-42(34)40)44-43(46-37)45-35-15-7-5-13-31(35)39-30-12-4-2-10-26(30)21-22-36(39)45/h1-24H. The molecule has 0 amide bonds. The van der Waals surface area contributed by atoms with E-state index in [-0.39, 0.29) is 0 Å². The summed E-state index contributed by atoms with van der Waals surface area (Å²) >= 11 is 1.83. The Kier molecular flexibility index (Phi) is 4.99. The molecule has 0 bridgehead atoms. The first kappa shape index (κ1) is 25.2. The lowest BCUT2D eigenvalue weighted by molar-refractivity contribution is 0.574. The molecule has 0 aliphatic carbocycles. The molecule has 11 rings (SSSR count). The number of nitrogens with zero attached hydrogens (tertiary/aromatic N) is 2. The van der Waals surface area contributed by atoms with Crippen molar-refractivity contribution in [1.82, 2.24) is 9.55 Å². The van der Waals surface area contributed by atoms with Crippen molar-refractivity contribution >= 4 is 96.7 Å². The number of rotatable bonds is 2. The molecule has 3 aromatic heterocycles. The lowest BCUT2D eigenvalue weighted by Gasteiger charge is -2.09. The van der Waals surface area contributed by atoms with Gasteiger partial charge in [0.15, 0.2) is 5.58 Å². The SMILES string of the molecule is c1ccc2c(c1)ccc1ccc(-c3cc4oc(-n5c6ccccc6c6c7ccccc7ccc65)nc4c4c3sc3ccccc34)cc12. The Morgan fingerprint density at radius 3 is 2.04 bits per heavy atom. The molecule has 218 valence electrons. The van der Waals surface area contributed by atoms with Crippen molar-refractivity contribution in [2.75, 3.05) is 0 Å². The lowest BCUT2D eigenvalue weighted by atomic mass is 9.96. The molecule has 0 aliphatic heterocycles. The van der Waals surface area contributed by atoms with Crippen LogP contribution in [0.1, 0.15) is 0 Å². The maximum absolute atomic E-state index is 6.84. The molecule has 3 nitrogen and oxygen atoms in total. The molecule has 0 N–H and O–H groups in total. The summed E-state index contributed by atoms with van der Waals surface area (Å²) in [7, 11) is 0. The number of aromatic nitrogens is 2. The van der Waals surface area contributed by atoms with E-state index in [2.05, 4.69) is 150 Å². The molecule has 0 radical (unpaired) electrons. The van der Waals surface area contributed by atoms with Gasteiger partial charge in [0, 0.05) is 36.5 Å². The van der Waals surface area contributed by atoms with E-state index >= 15 is 0 Å². The molecule has 0 atom stereocenters. The quantitative estimate of drug-likeness (QED) is 0.181. The third-order valence-electron chi connectivity index (χ3n) is 9.81. The van der Waals surface area contributed by atoms with Crippen LogP contribution in [0.3, 0.4) is 0 Å². The first-order valence-electron chi connectivity index (χ1n) is 15.9. The second-order valence-corrected chi connectivity index (χ2v) is 13.4. The second-order valence-electron chi connectivity index (χ2n) is 12.3. The lowest BCUT2D eigenvalue weighted by Crippen LogP contribution is -1.93. The van der Waals surface area contributed by atoms with Crippen LogP contribution in [0.2, 0.25) is 0 Å². The molecule has 8 aromatic carbocycles. The third-order valence-corrected chi connectivity index (χ3v) is 11.0. The number of fused-ring (bicyclic) bond motifs is 13. The molecule has 0 saturated carbocycles. The van der Waals surface area contributed by atoms with Crippen molar-refractivity contribution in [3.8, 4) is 17.1 Å². The smallest absolute Gasteiger partial charge is 0.307 e. The molecule has 0 unspecified atom stereocenters. The van der Waals surface area contributed by atoms with Crippen LogP contribution in [0.5, 0.6) is 0 Å². The minimum Gasteiger partial charge on any atom is -0.423 e. The van der Waals surface area contributed by atoms with Gasteiger partial charge >= 0.3 is 6.01 Å². The van der Waals surface area contributed by atoms with Crippen molar-refractivity contribution in [2.24, 2.45) is 0 Å². The van der Waals surface area contributed by atoms with Gasteiger partial charge in [-0.05, 0) is 68.2 Å². The summed E-state index contributed by atoms with van der Waals surface area (Å²) < 4.78 is 11.5. The summed E-state index contributed by atoms with van der Waals surface area (Å²) in [5.74, 6) is 0. The molecule has 0 aliphatic rings. The Hall–Kier alpha value is -5.97. The summed E-state index contributed by atoms with van der Waals surface area (Å²) in [6.07, 6.45) is 0. The van der Waals surface area contributed by atoms with E-state index in [0.29, 0.717) is 6.01 Å². The zero-order valence-corrected chi connectivity index (χ0v) is 25.9. The van der Waals surface area contributed by atoms with Crippen molar-refractivity contribution in [1.29, 1.82) is 0 Å². The second kappa shape index (κ2) is 9.29. The summed E-state index contributed by atoms with van der Waals surface area (Å²) in [5, 5.41) is 12.2. The highest BCUT2D eigenvalue weighted by molar-refractivity contribution is 7.26. The van der Waals surface area contributed by atoms with E-state index in [9.17, 15) is 0 Å². The van der Waals surface area contributed by atoms with E-state index in [1.807, 2.05) is 11.3 Å². The van der Waals surface area contributed by atoms with Crippen LogP contribution < -0.4 is 0 Å². The van der Waals surface area contributed by atoms with Gasteiger partial charge in [-0.25, -0.2) is 0 Å².